The number of esters is 1. The second kappa shape index (κ2) is 12.0. The number of carbonyl (C=O) groups is 3. The van der Waals surface area contributed by atoms with E-state index in [2.05, 4.69) is 0 Å². The van der Waals surface area contributed by atoms with Gasteiger partial charge in [-0.15, -0.1) is 0 Å². The number of amides is 1. The maximum Gasteiger partial charge on any atom is 0.419 e. The van der Waals surface area contributed by atoms with Gasteiger partial charge in [0, 0.05) is 44.3 Å². The second-order valence-corrected chi connectivity index (χ2v) is 11.8. The molecule has 2 unspecified atom stereocenters. The molecule has 39 heavy (non-hydrogen) atoms. The number of para-hydroxylation sites is 1. The predicted octanol–water partition coefficient (Wildman–Crippen LogP) is 5.10. The lowest BCUT2D eigenvalue weighted by Gasteiger charge is -2.31. The summed E-state index contributed by atoms with van der Waals surface area (Å²) in [6.07, 6.45) is -1.21. The Hall–Kier alpha value is -3.11. The molecule has 2 aromatic rings. The van der Waals surface area contributed by atoms with Crippen molar-refractivity contribution < 1.29 is 38.1 Å². The molecular formula is C29H42N2O8. The molecule has 216 valence electrons. The minimum Gasteiger partial charge on any atom is -0.469 e. The van der Waals surface area contributed by atoms with Gasteiger partial charge in [-0.25, -0.2) is 14.2 Å². The number of hydrogen-bond donors (Lipinski definition) is 0. The maximum atomic E-state index is 13.7. The van der Waals surface area contributed by atoms with Gasteiger partial charge in [0.2, 0.25) is 0 Å². The molecule has 1 aliphatic rings. The van der Waals surface area contributed by atoms with Crippen LogP contribution in [0.3, 0.4) is 0 Å². The minimum absolute atomic E-state index is 0.185. The highest BCUT2D eigenvalue weighted by Gasteiger charge is 2.40. The fourth-order valence-corrected chi connectivity index (χ4v) is 5.09. The molecule has 0 N–H and O–H groups in total. The van der Waals surface area contributed by atoms with E-state index in [9.17, 15) is 14.4 Å². The van der Waals surface area contributed by atoms with Crippen molar-refractivity contribution in [3.05, 3.63) is 35.5 Å². The summed E-state index contributed by atoms with van der Waals surface area (Å²) in [4.78, 5) is 41.5. The van der Waals surface area contributed by atoms with Crippen molar-refractivity contribution in [3.63, 3.8) is 0 Å². The van der Waals surface area contributed by atoms with Gasteiger partial charge in [0.15, 0.2) is 6.29 Å². The van der Waals surface area contributed by atoms with Gasteiger partial charge >= 0.3 is 18.2 Å². The quantitative estimate of drug-likeness (QED) is 0.280. The van der Waals surface area contributed by atoms with Gasteiger partial charge in [0.25, 0.3) is 0 Å². The predicted molar refractivity (Wildman–Crippen MR) is 146 cm³/mol. The zero-order valence-electron chi connectivity index (χ0n) is 24.5. The molecular weight excluding hydrogens is 504 g/mol. The van der Waals surface area contributed by atoms with E-state index in [-0.39, 0.29) is 13.0 Å². The lowest BCUT2D eigenvalue weighted by molar-refractivity contribution is -0.176. The number of hydrogen-bond acceptors (Lipinski definition) is 8. The number of methoxy groups -OCH3 is 3. The van der Waals surface area contributed by atoms with E-state index in [1.165, 1.54) is 21.3 Å². The van der Waals surface area contributed by atoms with Crippen molar-refractivity contribution >= 4 is 29.1 Å². The van der Waals surface area contributed by atoms with E-state index in [1.807, 2.05) is 65.8 Å². The van der Waals surface area contributed by atoms with Gasteiger partial charge in [-0.1, -0.05) is 18.2 Å². The van der Waals surface area contributed by atoms with Gasteiger partial charge in [0.1, 0.15) is 17.1 Å². The van der Waals surface area contributed by atoms with Crippen molar-refractivity contribution in [1.82, 2.24) is 9.47 Å². The number of rotatable bonds is 6. The number of benzene rings is 1. The zero-order valence-corrected chi connectivity index (χ0v) is 24.5. The van der Waals surface area contributed by atoms with Crippen LogP contribution in [0.15, 0.2) is 24.3 Å². The van der Waals surface area contributed by atoms with E-state index >= 15 is 0 Å². The van der Waals surface area contributed by atoms with E-state index in [0.717, 1.165) is 10.9 Å². The summed E-state index contributed by atoms with van der Waals surface area (Å²) in [5, 5.41) is 0.888. The average Bonchev–Trinajstić information content (AvgIpc) is 3.05. The third kappa shape index (κ3) is 7.10. The average molecular weight is 547 g/mol. The van der Waals surface area contributed by atoms with E-state index in [4.69, 9.17) is 23.7 Å². The first-order chi connectivity index (χ1) is 18.2. The molecule has 10 nitrogen and oxygen atoms in total. The van der Waals surface area contributed by atoms with Crippen LogP contribution in [0.25, 0.3) is 10.9 Å². The van der Waals surface area contributed by atoms with Crippen LogP contribution in [-0.2, 0) is 34.9 Å². The third-order valence-corrected chi connectivity index (χ3v) is 6.54. The Bertz CT molecular complexity index is 1190. The molecule has 2 heterocycles. The molecule has 0 saturated heterocycles. The Labute approximate surface area is 230 Å². The fraction of sp³-hybridized carbons (Fsp3) is 0.621. The molecule has 0 radical (unpaired) electrons. The van der Waals surface area contributed by atoms with Gasteiger partial charge in [-0.3, -0.25) is 4.79 Å². The van der Waals surface area contributed by atoms with Crippen LogP contribution in [0.5, 0.6) is 0 Å². The molecule has 0 spiro atoms. The molecule has 1 aliphatic heterocycles. The number of carbonyl (C=O) groups excluding carboxylic acids is 3. The zero-order chi connectivity index (χ0) is 29.1. The highest BCUT2D eigenvalue weighted by atomic mass is 16.7. The summed E-state index contributed by atoms with van der Waals surface area (Å²) in [5.41, 5.74) is 0.899. The molecule has 0 aliphatic carbocycles. The Morgan fingerprint density at radius 2 is 1.51 bits per heavy atom. The SMILES string of the molecule is COC(=O)C(CC1CN(C(=O)OC(C)(C)C)CCc2c1n(C(=O)OC(C)(C)C)c1ccccc21)C(OC)OC. The molecule has 1 aromatic carbocycles. The molecule has 10 heteroatoms. The number of fused-ring (bicyclic) bond motifs is 3. The number of ether oxygens (including phenoxy) is 5. The summed E-state index contributed by atoms with van der Waals surface area (Å²) in [7, 11) is 4.21. The number of nitrogens with zero attached hydrogens (tertiary/aromatic N) is 2. The van der Waals surface area contributed by atoms with Gasteiger partial charge in [-0.2, -0.15) is 0 Å². The summed E-state index contributed by atoms with van der Waals surface area (Å²) in [5.74, 6) is -1.82. The van der Waals surface area contributed by atoms with Gasteiger partial charge in [-0.05, 0) is 66.0 Å². The minimum atomic E-state index is -0.890. The molecule has 1 aromatic heterocycles. The maximum absolute atomic E-state index is 13.7. The molecule has 0 saturated carbocycles. The van der Waals surface area contributed by atoms with E-state index in [1.54, 1.807) is 9.47 Å². The van der Waals surface area contributed by atoms with Crippen LogP contribution in [0.1, 0.15) is 65.1 Å². The summed E-state index contributed by atoms with van der Waals surface area (Å²) in [6.45, 7) is 11.5. The van der Waals surface area contributed by atoms with Crippen LogP contribution < -0.4 is 0 Å². The van der Waals surface area contributed by atoms with Crippen molar-refractivity contribution in [2.75, 3.05) is 34.4 Å². The normalized spacial score (nSPS) is 17.0. The van der Waals surface area contributed by atoms with E-state index < -0.39 is 47.5 Å². The first kappa shape index (κ1) is 30.4. The first-order valence-corrected chi connectivity index (χ1v) is 13.2. The van der Waals surface area contributed by atoms with Crippen molar-refractivity contribution in [3.8, 4) is 0 Å². The summed E-state index contributed by atoms with van der Waals surface area (Å²) in [6, 6.07) is 7.62. The van der Waals surface area contributed by atoms with Gasteiger partial charge in [0.05, 0.1) is 12.6 Å². The molecule has 3 rings (SSSR count). The summed E-state index contributed by atoms with van der Waals surface area (Å²) >= 11 is 0. The largest absolute Gasteiger partial charge is 0.469 e. The molecule has 0 fully saturated rings. The van der Waals surface area contributed by atoms with Crippen molar-refractivity contribution in [2.45, 2.75) is 77.8 Å². The highest BCUT2D eigenvalue weighted by Crippen LogP contribution is 2.39. The highest BCUT2D eigenvalue weighted by molar-refractivity contribution is 5.94. The first-order valence-electron chi connectivity index (χ1n) is 13.2. The Balaban J connectivity index is 2.21. The Morgan fingerprint density at radius 1 is 0.923 bits per heavy atom. The third-order valence-electron chi connectivity index (χ3n) is 6.54. The van der Waals surface area contributed by atoms with E-state index in [0.29, 0.717) is 24.2 Å². The Morgan fingerprint density at radius 3 is 2.08 bits per heavy atom. The fourth-order valence-electron chi connectivity index (χ4n) is 5.09. The molecule has 1 amide bonds. The smallest absolute Gasteiger partial charge is 0.419 e. The van der Waals surface area contributed by atoms with Gasteiger partial charge < -0.3 is 28.6 Å². The summed E-state index contributed by atoms with van der Waals surface area (Å²) < 4.78 is 29.1. The van der Waals surface area contributed by atoms with Crippen LogP contribution in [0.4, 0.5) is 9.59 Å². The van der Waals surface area contributed by atoms with Crippen LogP contribution in [0.2, 0.25) is 0 Å². The van der Waals surface area contributed by atoms with Crippen molar-refractivity contribution in [1.29, 1.82) is 0 Å². The van der Waals surface area contributed by atoms with Crippen LogP contribution in [0, 0.1) is 5.92 Å². The lowest BCUT2D eigenvalue weighted by Crippen LogP contribution is -2.41. The molecule has 0 bridgehead atoms. The van der Waals surface area contributed by atoms with Crippen LogP contribution >= 0.6 is 0 Å². The second-order valence-electron chi connectivity index (χ2n) is 11.8. The topological polar surface area (TPSA) is 106 Å². The lowest BCUT2D eigenvalue weighted by atomic mass is 9.89. The molecule has 2 atom stereocenters. The standard InChI is InChI=1S/C29H42N2O8/c1-28(2,3)38-26(33)30-15-14-20-19-12-10-11-13-22(19)31(27(34)39-29(4,5)6)23(20)18(17-30)16-21(24(32)35-7)25(36-8)37-9/h10-13,18,21,25H,14-17H2,1-9H3. The van der Waals surface area contributed by atoms with Crippen LogP contribution in [-0.4, -0.2) is 79.5 Å². The number of aromatic nitrogens is 1. The monoisotopic (exact) mass is 546 g/mol. The Kier molecular flexibility index (Phi) is 9.33. The van der Waals surface area contributed by atoms with Crippen molar-refractivity contribution in [2.24, 2.45) is 5.92 Å².